The fourth-order valence-electron chi connectivity index (χ4n) is 2.54. The first-order valence-corrected chi connectivity index (χ1v) is 5.77. The molecule has 1 aromatic rings. The van der Waals surface area contributed by atoms with E-state index in [0.29, 0.717) is 0 Å². The molecule has 2 rings (SSSR count). The predicted octanol–water partition coefficient (Wildman–Crippen LogP) is 2.01. The Balaban J connectivity index is 2.41. The lowest BCUT2D eigenvalue weighted by Crippen LogP contribution is -2.34. The van der Waals surface area contributed by atoms with Crippen LogP contribution >= 0.6 is 0 Å². The summed E-state index contributed by atoms with van der Waals surface area (Å²) >= 11 is 0. The number of aryl methyl sites for hydroxylation is 2. The number of benzene rings is 1. The van der Waals surface area contributed by atoms with Crippen molar-refractivity contribution in [1.29, 1.82) is 0 Å². The van der Waals surface area contributed by atoms with E-state index in [1.165, 1.54) is 35.2 Å². The summed E-state index contributed by atoms with van der Waals surface area (Å²) in [6.07, 6.45) is 2.49. The van der Waals surface area contributed by atoms with Gasteiger partial charge in [-0.1, -0.05) is 6.07 Å². The van der Waals surface area contributed by atoms with Gasteiger partial charge in [0.25, 0.3) is 0 Å². The minimum absolute atomic E-state index is 0.742. The molecule has 0 saturated carbocycles. The van der Waals surface area contributed by atoms with Crippen LogP contribution in [0.2, 0.25) is 0 Å². The third kappa shape index (κ3) is 2.00. The molecule has 1 aliphatic heterocycles. The van der Waals surface area contributed by atoms with Crippen LogP contribution in [0.5, 0.6) is 0 Å². The van der Waals surface area contributed by atoms with E-state index in [1.54, 1.807) is 0 Å². The normalized spacial score (nSPS) is 15.3. The zero-order chi connectivity index (χ0) is 10.8. The van der Waals surface area contributed by atoms with Crippen molar-refractivity contribution in [3.63, 3.8) is 0 Å². The Morgan fingerprint density at radius 1 is 1.33 bits per heavy atom. The molecule has 0 amide bonds. The number of nitrogens with two attached hydrogens (primary N) is 1. The fourth-order valence-corrected chi connectivity index (χ4v) is 2.54. The Labute approximate surface area is 92.1 Å². The molecule has 0 unspecified atom stereocenters. The van der Waals surface area contributed by atoms with E-state index >= 15 is 0 Å². The number of anilines is 1. The van der Waals surface area contributed by atoms with Crippen molar-refractivity contribution in [3.8, 4) is 0 Å². The Kier molecular flexibility index (Phi) is 2.96. The first kappa shape index (κ1) is 10.5. The number of fused-ring (bicyclic) bond motifs is 1. The van der Waals surface area contributed by atoms with Gasteiger partial charge in [0.2, 0.25) is 0 Å². The van der Waals surface area contributed by atoms with E-state index in [0.717, 1.165) is 19.6 Å². The van der Waals surface area contributed by atoms with Gasteiger partial charge in [0.15, 0.2) is 0 Å². The third-order valence-corrected chi connectivity index (χ3v) is 3.19. The van der Waals surface area contributed by atoms with Gasteiger partial charge in [0.1, 0.15) is 0 Å². The van der Waals surface area contributed by atoms with E-state index in [9.17, 15) is 0 Å². The minimum Gasteiger partial charge on any atom is -0.370 e. The van der Waals surface area contributed by atoms with E-state index in [2.05, 4.69) is 30.9 Å². The zero-order valence-corrected chi connectivity index (χ0v) is 9.71. The van der Waals surface area contributed by atoms with Crippen LogP contribution in [-0.2, 0) is 6.42 Å². The second-order valence-corrected chi connectivity index (χ2v) is 4.46. The Morgan fingerprint density at radius 2 is 2.13 bits per heavy atom. The first-order chi connectivity index (χ1) is 7.22. The molecule has 0 fully saturated rings. The lowest BCUT2D eigenvalue weighted by molar-refractivity contribution is 0.689. The topological polar surface area (TPSA) is 29.3 Å². The maximum Gasteiger partial charge on any atom is 0.0404 e. The van der Waals surface area contributed by atoms with Gasteiger partial charge >= 0.3 is 0 Å². The average Bonchev–Trinajstić information content (AvgIpc) is 2.19. The third-order valence-electron chi connectivity index (χ3n) is 3.19. The van der Waals surface area contributed by atoms with E-state index in [-0.39, 0.29) is 0 Å². The molecular formula is C13H20N2. The van der Waals surface area contributed by atoms with Gasteiger partial charge in [-0.2, -0.15) is 0 Å². The summed E-state index contributed by atoms with van der Waals surface area (Å²) < 4.78 is 0. The lowest BCUT2D eigenvalue weighted by atomic mass is 9.95. The molecular weight excluding hydrogens is 184 g/mol. The second-order valence-electron chi connectivity index (χ2n) is 4.46. The quantitative estimate of drug-likeness (QED) is 0.798. The highest BCUT2D eigenvalue weighted by Gasteiger charge is 2.17. The van der Waals surface area contributed by atoms with E-state index in [1.807, 2.05) is 0 Å². The summed E-state index contributed by atoms with van der Waals surface area (Å²) in [5.74, 6) is 0. The maximum atomic E-state index is 5.65. The molecule has 0 atom stereocenters. The van der Waals surface area contributed by atoms with Gasteiger partial charge in [-0.3, -0.25) is 0 Å². The van der Waals surface area contributed by atoms with Gasteiger partial charge in [-0.05, 0) is 49.4 Å². The average molecular weight is 204 g/mol. The molecule has 2 nitrogen and oxygen atoms in total. The molecule has 1 aliphatic rings. The predicted molar refractivity (Wildman–Crippen MR) is 65.5 cm³/mol. The lowest BCUT2D eigenvalue weighted by Gasteiger charge is -2.32. The van der Waals surface area contributed by atoms with Crippen LogP contribution in [0.3, 0.4) is 0 Å². The molecule has 1 heterocycles. The molecule has 2 N–H and O–H groups in total. The van der Waals surface area contributed by atoms with Crippen LogP contribution in [0.25, 0.3) is 0 Å². The molecule has 0 aromatic heterocycles. The Hall–Kier alpha value is -1.02. The molecule has 0 radical (unpaired) electrons. The Bertz CT molecular complexity index is 358. The van der Waals surface area contributed by atoms with Crippen LogP contribution in [0.1, 0.15) is 23.1 Å². The van der Waals surface area contributed by atoms with Crippen molar-refractivity contribution in [3.05, 3.63) is 28.8 Å². The van der Waals surface area contributed by atoms with Crippen LogP contribution in [0.4, 0.5) is 5.69 Å². The summed E-state index contributed by atoms with van der Waals surface area (Å²) in [7, 11) is 0. The van der Waals surface area contributed by atoms with E-state index in [4.69, 9.17) is 5.73 Å². The van der Waals surface area contributed by atoms with Gasteiger partial charge in [-0.25, -0.2) is 0 Å². The first-order valence-electron chi connectivity index (χ1n) is 5.77. The van der Waals surface area contributed by atoms with Crippen LogP contribution in [0.15, 0.2) is 12.1 Å². The van der Waals surface area contributed by atoms with Crippen molar-refractivity contribution in [2.75, 3.05) is 24.5 Å². The Morgan fingerprint density at radius 3 is 2.87 bits per heavy atom. The SMILES string of the molecule is Cc1cc(C)c2c(c1)N(CCN)CCC2. The van der Waals surface area contributed by atoms with Crippen LogP contribution < -0.4 is 10.6 Å². The molecule has 0 saturated heterocycles. The zero-order valence-electron chi connectivity index (χ0n) is 9.71. The molecule has 0 bridgehead atoms. The van der Waals surface area contributed by atoms with Crippen LogP contribution in [-0.4, -0.2) is 19.6 Å². The highest BCUT2D eigenvalue weighted by molar-refractivity contribution is 5.60. The maximum absolute atomic E-state index is 5.65. The largest absolute Gasteiger partial charge is 0.370 e. The second kappa shape index (κ2) is 4.23. The standard InChI is InChI=1S/C13H20N2/c1-10-8-11(2)12-4-3-6-15(7-5-14)13(12)9-10/h8-9H,3-7,14H2,1-2H3. The number of hydrogen-bond acceptors (Lipinski definition) is 2. The van der Waals surface area contributed by atoms with Crippen molar-refractivity contribution >= 4 is 5.69 Å². The fraction of sp³-hybridized carbons (Fsp3) is 0.538. The number of hydrogen-bond donors (Lipinski definition) is 1. The molecule has 15 heavy (non-hydrogen) atoms. The summed E-state index contributed by atoms with van der Waals surface area (Å²) in [5.41, 5.74) is 11.4. The number of rotatable bonds is 2. The van der Waals surface area contributed by atoms with Gasteiger partial charge in [-0.15, -0.1) is 0 Å². The van der Waals surface area contributed by atoms with Gasteiger partial charge < -0.3 is 10.6 Å². The summed E-state index contributed by atoms with van der Waals surface area (Å²) in [5, 5.41) is 0. The van der Waals surface area contributed by atoms with E-state index < -0.39 is 0 Å². The molecule has 0 spiro atoms. The highest BCUT2D eigenvalue weighted by atomic mass is 15.1. The molecule has 0 aliphatic carbocycles. The molecule has 2 heteroatoms. The van der Waals surface area contributed by atoms with Crippen LogP contribution in [0, 0.1) is 13.8 Å². The molecule has 1 aromatic carbocycles. The van der Waals surface area contributed by atoms with Gasteiger partial charge in [0, 0.05) is 25.3 Å². The number of nitrogens with zero attached hydrogens (tertiary/aromatic N) is 1. The van der Waals surface area contributed by atoms with Crippen molar-refractivity contribution in [2.45, 2.75) is 26.7 Å². The highest BCUT2D eigenvalue weighted by Crippen LogP contribution is 2.30. The smallest absolute Gasteiger partial charge is 0.0404 e. The minimum atomic E-state index is 0.742. The van der Waals surface area contributed by atoms with Gasteiger partial charge in [0.05, 0.1) is 0 Å². The summed E-state index contributed by atoms with van der Waals surface area (Å²) in [6.45, 7) is 7.27. The summed E-state index contributed by atoms with van der Waals surface area (Å²) in [6, 6.07) is 4.59. The molecule has 82 valence electrons. The van der Waals surface area contributed by atoms with Crippen molar-refractivity contribution in [2.24, 2.45) is 5.73 Å². The van der Waals surface area contributed by atoms with Crippen molar-refractivity contribution in [1.82, 2.24) is 0 Å². The monoisotopic (exact) mass is 204 g/mol. The van der Waals surface area contributed by atoms with Crippen molar-refractivity contribution < 1.29 is 0 Å². The summed E-state index contributed by atoms with van der Waals surface area (Å²) in [4.78, 5) is 2.43.